The second-order valence-corrected chi connectivity index (χ2v) is 8.08. The predicted molar refractivity (Wildman–Crippen MR) is 125 cm³/mol. The van der Waals surface area contributed by atoms with E-state index in [0.717, 1.165) is 50.3 Å². The summed E-state index contributed by atoms with van der Waals surface area (Å²) in [6.45, 7) is 6.06. The van der Waals surface area contributed by atoms with Gasteiger partial charge in [-0.1, -0.05) is 18.2 Å². The molecule has 1 saturated heterocycles. The van der Waals surface area contributed by atoms with Gasteiger partial charge in [0.05, 0.1) is 25.7 Å². The number of quaternary nitrogens is 1. The topological polar surface area (TPSA) is 87.7 Å². The molecule has 3 aromatic heterocycles. The Hall–Kier alpha value is -2.91. The van der Waals surface area contributed by atoms with Crippen LogP contribution in [0.25, 0.3) is 16.7 Å². The van der Waals surface area contributed by atoms with Crippen molar-refractivity contribution in [3.63, 3.8) is 0 Å². The molecule has 5 rings (SSSR count). The molecule has 1 aliphatic heterocycles. The van der Waals surface area contributed by atoms with E-state index in [1.807, 2.05) is 39.4 Å². The maximum absolute atomic E-state index is 13.1. The lowest BCUT2D eigenvalue weighted by atomic mass is 10.2. The molecule has 4 heterocycles. The number of fused-ring (bicyclic) bond motifs is 3. The molecular formula is C24H30ClN5O3. The average molecular weight is 472 g/mol. The molecule has 8 nitrogen and oxygen atoms in total. The Bertz CT molecular complexity index is 1250. The fraction of sp³-hybridized carbons (Fsp3) is 0.333. The molecule has 1 aromatic carbocycles. The van der Waals surface area contributed by atoms with Crippen LogP contribution in [-0.2, 0) is 6.54 Å². The fourth-order valence-electron chi connectivity index (χ4n) is 4.60. The molecule has 1 fully saturated rings. The SMILES string of the molecule is COc1ccc2c(n1)n1cccc1c(=O)n2CCCN1CC[NH+](c2ccccc2)CC1.O.[Cl-]. The minimum absolute atomic E-state index is 0. The van der Waals surface area contributed by atoms with Crippen LogP contribution in [0.5, 0.6) is 5.88 Å². The highest BCUT2D eigenvalue weighted by molar-refractivity contribution is 5.75. The molecular weight excluding hydrogens is 442 g/mol. The van der Waals surface area contributed by atoms with E-state index < -0.39 is 0 Å². The Kier molecular flexibility index (Phi) is 8.10. The van der Waals surface area contributed by atoms with Crippen molar-refractivity contribution in [1.29, 1.82) is 0 Å². The van der Waals surface area contributed by atoms with Gasteiger partial charge in [0, 0.05) is 38.4 Å². The fourth-order valence-corrected chi connectivity index (χ4v) is 4.60. The van der Waals surface area contributed by atoms with Crippen molar-refractivity contribution in [3.05, 3.63) is 71.1 Å². The summed E-state index contributed by atoms with van der Waals surface area (Å²) in [7, 11) is 1.61. The number of rotatable bonds is 6. The quantitative estimate of drug-likeness (QED) is 0.344. The van der Waals surface area contributed by atoms with E-state index in [1.54, 1.807) is 12.0 Å². The van der Waals surface area contributed by atoms with Crippen molar-refractivity contribution in [2.45, 2.75) is 13.0 Å². The molecule has 0 aliphatic carbocycles. The molecule has 0 bridgehead atoms. The molecule has 4 aromatic rings. The van der Waals surface area contributed by atoms with Crippen LogP contribution in [0.3, 0.4) is 0 Å². The Morgan fingerprint density at radius 2 is 1.73 bits per heavy atom. The summed E-state index contributed by atoms with van der Waals surface area (Å²) in [6, 6.07) is 18.2. The maximum atomic E-state index is 13.1. The van der Waals surface area contributed by atoms with Crippen molar-refractivity contribution in [2.24, 2.45) is 0 Å². The number of methoxy groups -OCH3 is 1. The number of aryl methyl sites for hydroxylation is 1. The van der Waals surface area contributed by atoms with Gasteiger partial charge in [0.25, 0.3) is 5.56 Å². The number of para-hydroxylation sites is 1. The summed E-state index contributed by atoms with van der Waals surface area (Å²) < 4.78 is 9.01. The predicted octanol–water partition coefficient (Wildman–Crippen LogP) is -2.24. The van der Waals surface area contributed by atoms with Gasteiger partial charge in [-0.25, -0.2) is 0 Å². The average Bonchev–Trinajstić information content (AvgIpc) is 3.32. The molecule has 1 aliphatic rings. The van der Waals surface area contributed by atoms with E-state index in [1.165, 1.54) is 5.69 Å². The van der Waals surface area contributed by atoms with Gasteiger partial charge in [-0.05, 0) is 36.8 Å². The highest BCUT2D eigenvalue weighted by atomic mass is 35.5. The highest BCUT2D eigenvalue weighted by Gasteiger charge is 2.21. The monoisotopic (exact) mass is 471 g/mol. The van der Waals surface area contributed by atoms with Crippen molar-refractivity contribution in [2.75, 3.05) is 39.8 Å². The normalized spacial score (nSPS) is 14.7. The number of aromatic nitrogens is 3. The van der Waals surface area contributed by atoms with Crippen LogP contribution in [0.1, 0.15) is 6.42 Å². The van der Waals surface area contributed by atoms with E-state index in [0.29, 0.717) is 17.9 Å². The number of nitrogens with zero attached hydrogens (tertiary/aromatic N) is 4. The summed E-state index contributed by atoms with van der Waals surface area (Å²) in [5.41, 5.74) is 3.65. The van der Waals surface area contributed by atoms with Gasteiger partial charge >= 0.3 is 0 Å². The summed E-state index contributed by atoms with van der Waals surface area (Å²) in [6.07, 6.45) is 2.81. The van der Waals surface area contributed by atoms with E-state index in [9.17, 15) is 4.79 Å². The van der Waals surface area contributed by atoms with E-state index >= 15 is 0 Å². The summed E-state index contributed by atoms with van der Waals surface area (Å²) in [5, 5.41) is 0. The largest absolute Gasteiger partial charge is 1.00 e. The van der Waals surface area contributed by atoms with Crippen LogP contribution in [0.4, 0.5) is 5.69 Å². The van der Waals surface area contributed by atoms with Crippen LogP contribution >= 0.6 is 0 Å². The van der Waals surface area contributed by atoms with Gasteiger partial charge in [-0.3, -0.25) is 14.1 Å². The van der Waals surface area contributed by atoms with Crippen molar-refractivity contribution < 1.29 is 27.5 Å². The minimum Gasteiger partial charge on any atom is -1.00 e. The molecule has 3 N–H and O–H groups in total. The van der Waals surface area contributed by atoms with Gasteiger partial charge in [0.15, 0.2) is 5.65 Å². The number of hydrogen-bond acceptors (Lipinski definition) is 4. The number of halogens is 1. The van der Waals surface area contributed by atoms with Crippen LogP contribution in [-0.4, -0.2) is 64.2 Å². The van der Waals surface area contributed by atoms with Crippen LogP contribution in [0, 0.1) is 0 Å². The van der Waals surface area contributed by atoms with Crippen molar-refractivity contribution >= 4 is 22.4 Å². The smallest absolute Gasteiger partial charge is 0.275 e. The lowest BCUT2D eigenvalue weighted by molar-refractivity contribution is -0.838. The van der Waals surface area contributed by atoms with E-state index in [4.69, 9.17) is 4.74 Å². The molecule has 0 spiro atoms. The molecule has 33 heavy (non-hydrogen) atoms. The lowest BCUT2D eigenvalue weighted by Gasteiger charge is -2.32. The molecule has 0 radical (unpaired) electrons. The molecule has 9 heteroatoms. The van der Waals surface area contributed by atoms with E-state index in [2.05, 4.69) is 40.2 Å². The van der Waals surface area contributed by atoms with E-state index in [-0.39, 0.29) is 23.4 Å². The number of ether oxygens (including phenoxy) is 1. The zero-order chi connectivity index (χ0) is 21.2. The molecule has 176 valence electrons. The molecule has 0 unspecified atom stereocenters. The summed E-state index contributed by atoms with van der Waals surface area (Å²) in [5.74, 6) is 0.548. The first-order chi connectivity index (χ1) is 15.2. The van der Waals surface area contributed by atoms with Gasteiger partial charge in [0.1, 0.15) is 11.2 Å². The third kappa shape index (κ3) is 4.89. The van der Waals surface area contributed by atoms with Gasteiger partial charge < -0.3 is 32.1 Å². The molecule has 0 saturated carbocycles. The minimum atomic E-state index is 0. The standard InChI is InChI=1S/C24H27N5O2.ClH.H2O/c1-31-22-11-10-20-23(25-22)28-13-5-9-21(28)24(30)29(20)14-6-12-26-15-17-27(18-16-26)19-7-3-2-4-8-19;;/h2-5,7-11,13H,6,12,14-18H2,1H3;1H;1H2. The zero-order valence-corrected chi connectivity index (χ0v) is 19.5. The summed E-state index contributed by atoms with van der Waals surface area (Å²) in [4.78, 5) is 21.8. The first kappa shape index (κ1) is 24.7. The second-order valence-electron chi connectivity index (χ2n) is 8.08. The first-order valence-electron chi connectivity index (χ1n) is 10.9. The Morgan fingerprint density at radius 1 is 0.970 bits per heavy atom. The van der Waals surface area contributed by atoms with Gasteiger partial charge in [-0.2, -0.15) is 4.98 Å². The number of piperazine rings is 1. The van der Waals surface area contributed by atoms with Crippen molar-refractivity contribution in [3.8, 4) is 5.88 Å². The van der Waals surface area contributed by atoms with Crippen LogP contribution in [0.15, 0.2) is 65.6 Å². The van der Waals surface area contributed by atoms with Crippen LogP contribution < -0.4 is 27.6 Å². The highest BCUT2D eigenvalue weighted by Crippen LogP contribution is 2.17. The summed E-state index contributed by atoms with van der Waals surface area (Å²) >= 11 is 0. The zero-order valence-electron chi connectivity index (χ0n) is 18.7. The van der Waals surface area contributed by atoms with Gasteiger partial charge in [-0.15, -0.1) is 0 Å². The Morgan fingerprint density at radius 3 is 2.45 bits per heavy atom. The van der Waals surface area contributed by atoms with Crippen molar-refractivity contribution in [1.82, 2.24) is 18.9 Å². The Labute approximate surface area is 198 Å². The number of benzene rings is 1. The second kappa shape index (κ2) is 10.8. The third-order valence-corrected chi connectivity index (χ3v) is 6.27. The van der Waals surface area contributed by atoms with Crippen LogP contribution in [0.2, 0.25) is 0 Å². The maximum Gasteiger partial charge on any atom is 0.275 e. The number of pyridine rings is 1. The molecule has 0 amide bonds. The lowest BCUT2D eigenvalue weighted by Crippen LogP contribution is -3.10. The first-order valence-corrected chi connectivity index (χ1v) is 10.9. The molecule has 0 atom stereocenters. The third-order valence-electron chi connectivity index (χ3n) is 6.27. The van der Waals surface area contributed by atoms with Gasteiger partial charge in [0.2, 0.25) is 5.88 Å². The number of hydrogen-bond donors (Lipinski definition) is 1. The number of nitrogens with one attached hydrogen (secondary N) is 1. The Balaban J connectivity index is 0.00000153.